The van der Waals surface area contributed by atoms with Gasteiger partial charge in [0.1, 0.15) is 5.82 Å². The molecule has 5 rings (SSSR count). The normalized spacial score (nSPS) is 39.8. The molecule has 1 aromatic rings. The van der Waals surface area contributed by atoms with Crippen LogP contribution >= 0.6 is 0 Å². The standard InChI is InChI=1S/C17H22BFO2/c1-16(2)12-8-14(16)17(3)15(9-12)20-18(21-17)10-11-4-6-13(19)7-5-11/h4-7,12,14-15H,8-10H2,1-3H3/t12-,14?,15+,17-/m0/s1. The Balaban J connectivity index is 1.51. The van der Waals surface area contributed by atoms with E-state index in [4.69, 9.17) is 9.31 Å². The maximum atomic E-state index is 13.0. The van der Waals surface area contributed by atoms with Crippen molar-refractivity contribution >= 4 is 7.12 Å². The molecule has 1 heterocycles. The highest BCUT2D eigenvalue weighted by Crippen LogP contribution is 2.65. The Bertz CT molecular complexity index is 558. The van der Waals surface area contributed by atoms with E-state index in [0.717, 1.165) is 17.9 Å². The van der Waals surface area contributed by atoms with Crippen molar-refractivity contribution < 1.29 is 13.7 Å². The second-order valence-electron chi connectivity index (χ2n) is 7.73. The monoisotopic (exact) mass is 288 g/mol. The number of halogens is 1. The van der Waals surface area contributed by atoms with Gasteiger partial charge >= 0.3 is 7.12 Å². The number of hydrogen-bond acceptors (Lipinski definition) is 2. The third-order valence-electron chi connectivity index (χ3n) is 6.32. The van der Waals surface area contributed by atoms with Crippen LogP contribution in [0.3, 0.4) is 0 Å². The molecule has 2 nitrogen and oxygen atoms in total. The zero-order valence-electron chi connectivity index (χ0n) is 12.9. The Labute approximate surface area is 126 Å². The van der Waals surface area contributed by atoms with Crippen molar-refractivity contribution in [3.63, 3.8) is 0 Å². The van der Waals surface area contributed by atoms with Crippen molar-refractivity contribution in [1.82, 2.24) is 0 Å². The third-order valence-corrected chi connectivity index (χ3v) is 6.32. The summed E-state index contributed by atoms with van der Waals surface area (Å²) in [6.45, 7) is 6.96. The van der Waals surface area contributed by atoms with Crippen molar-refractivity contribution in [1.29, 1.82) is 0 Å². The first-order valence-electron chi connectivity index (χ1n) is 7.97. The molecule has 1 aliphatic heterocycles. The van der Waals surface area contributed by atoms with Crippen molar-refractivity contribution in [2.45, 2.75) is 51.6 Å². The summed E-state index contributed by atoms with van der Waals surface area (Å²) in [4.78, 5) is 0. The lowest BCUT2D eigenvalue weighted by molar-refractivity contribution is -0.199. The molecule has 0 aromatic heterocycles. The van der Waals surface area contributed by atoms with E-state index in [1.54, 1.807) is 0 Å². The first-order chi connectivity index (χ1) is 9.89. The maximum absolute atomic E-state index is 13.0. The van der Waals surface area contributed by atoms with Crippen LogP contribution in [0.15, 0.2) is 24.3 Å². The van der Waals surface area contributed by atoms with Crippen LogP contribution in [0.5, 0.6) is 0 Å². The molecule has 3 aliphatic carbocycles. The molecule has 4 fully saturated rings. The topological polar surface area (TPSA) is 18.5 Å². The average Bonchev–Trinajstić information content (AvgIpc) is 2.76. The highest BCUT2D eigenvalue weighted by molar-refractivity contribution is 6.44. The molecule has 1 saturated heterocycles. The first-order valence-corrected chi connectivity index (χ1v) is 7.97. The Morgan fingerprint density at radius 1 is 1.19 bits per heavy atom. The summed E-state index contributed by atoms with van der Waals surface area (Å²) in [6, 6.07) is 6.63. The van der Waals surface area contributed by atoms with Crippen LogP contribution in [0.25, 0.3) is 0 Å². The lowest BCUT2D eigenvalue weighted by Crippen LogP contribution is -2.65. The quantitative estimate of drug-likeness (QED) is 0.774. The van der Waals surface area contributed by atoms with E-state index in [-0.39, 0.29) is 24.6 Å². The minimum absolute atomic E-state index is 0.150. The molecule has 0 radical (unpaired) electrons. The van der Waals surface area contributed by atoms with E-state index in [1.165, 1.54) is 18.6 Å². The van der Waals surface area contributed by atoms with Crippen LogP contribution in [0.4, 0.5) is 4.39 Å². The number of hydrogen-bond donors (Lipinski definition) is 0. The molecular formula is C17H22BFO2. The van der Waals surface area contributed by atoms with Crippen LogP contribution in [-0.4, -0.2) is 18.8 Å². The van der Waals surface area contributed by atoms with E-state index in [9.17, 15) is 4.39 Å². The number of rotatable bonds is 2. The van der Waals surface area contributed by atoms with Gasteiger partial charge in [0.2, 0.25) is 0 Å². The summed E-state index contributed by atoms with van der Waals surface area (Å²) in [5, 5.41) is 0. The summed E-state index contributed by atoms with van der Waals surface area (Å²) in [5.74, 6) is 1.16. The van der Waals surface area contributed by atoms with Gasteiger partial charge in [0.05, 0.1) is 11.7 Å². The minimum atomic E-state index is -0.199. The van der Waals surface area contributed by atoms with Crippen LogP contribution < -0.4 is 0 Å². The maximum Gasteiger partial charge on any atom is 0.462 e. The Hall–Kier alpha value is -0.865. The first kappa shape index (κ1) is 13.8. The lowest BCUT2D eigenvalue weighted by atomic mass is 9.43. The van der Waals surface area contributed by atoms with Gasteiger partial charge in [0.25, 0.3) is 0 Å². The van der Waals surface area contributed by atoms with E-state index in [0.29, 0.717) is 17.7 Å². The summed E-state index contributed by atoms with van der Waals surface area (Å²) in [7, 11) is -0.194. The highest BCUT2D eigenvalue weighted by Gasteiger charge is 2.67. The fourth-order valence-corrected chi connectivity index (χ4v) is 4.85. The third kappa shape index (κ3) is 1.92. The van der Waals surface area contributed by atoms with E-state index in [1.807, 2.05) is 12.1 Å². The molecule has 0 spiro atoms. The van der Waals surface area contributed by atoms with Crippen molar-refractivity contribution in [3.05, 3.63) is 35.6 Å². The molecule has 4 heteroatoms. The molecule has 4 aliphatic rings. The minimum Gasteiger partial charge on any atom is -0.405 e. The van der Waals surface area contributed by atoms with Crippen molar-refractivity contribution in [2.75, 3.05) is 0 Å². The zero-order valence-corrected chi connectivity index (χ0v) is 12.9. The Kier molecular flexibility index (Phi) is 2.84. The van der Waals surface area contributed by atoms with E-state index >= 15 is 0 Å². The van der Waals surface area contributed by atoms with Gasteiger partial charge in [-0.1, -0.05) is 26.0 Å². The van der Waals surface area contributed by atoms with Crippen LogP contribution in [0.2, 0.25) is 0 Å². The van der Waals surface area contributed by atoms with Gasteiger partial charge in [0.15, 0.2) is 0 Å². The SMILES string of the molecule is CC1(C)C2C[C@H]1C[C@H]1OB(Cc3ccc(F)cc3)O[C@@]21C. The summed E-state index contributed by atoms with van der Waals surface area (Å²) in [5.41, 5.74) is 1.29. The number of benzene rings is 1. The fraction of sp³-hybridized carbons (Fsp3) is 0.647. The fourth-order valence-electron chi connectivity index (χ4n) is 4.85. The zero-order chi connectivity index (χ0) is 14.8. The highest BCUT2D eigenvalue weighted by atomic mass is 19.1. The lowest BCUT2D eigenvalue weighted by Gasteiger charge is -2.64. The van der Waals surface area contributed by atoms with Crippen LogP contribution in [-0.2, 0) is 15.6 Å². The molecule has 1 aromatic carbocycles. The van der Waals surface area contributed by atoms with Gasteiger partial charge in [-0.15, -0.1) is 0 Å². The molecule has 3 saturated carbocycles. The smallest absolute Gasteiger partial charge is 0.405 e. The van der Waals surface area contributed by atoms with Gasteiger partial charge in [-0.3, -0.25) is 0 Å². The summed E-state index contributed by atoms with van der Waals surface area (Å²) >= 11 is 0. The second kappa shape index (κ2) is 4.33. The van der Waals surface area contributed by atoms with Crippen molar-refractivity contribution in [2.24, 2.45) is 17.3 Å². The van der Waals surface area contributed by atoms with Gasteiger partial charge in [-0.2, -0.15) is 0 Å². The Morgan fingerprint density at radius 3 is 2.57 bits per heavy atom. The predicted molar refractivity (Wildman–Crippen MR) is 80.2 cm³/mol. The summed E-state index contributed by atoms with van der Waals surface area (Å²) < 4.78 is 25.5. The second-order valence-corrected chi connectivity index (χ2v) is 7.73. The van der Waals surface area contributed by atoms with E-state index < -0.39 is 0 Å². The predicted octanol–water partition coefficient (Wildman–Crippen LogP) is 3.64. The van der Waals surface area contributed by atoms with Crippen LogP contribution in [0.1, 0.15) is 39.2 Å². The summed E-state index contributed by atoms with van der Waals surface area (Å²) in [6.07, 6.45) is 3.30. The van der Waals surface area contributed by atoms with Crippen LogP contribution in [0, 0.1) is 23.1 Å². The Morgan fingerprint density at radius 2 is 1.90 bits per heavy atom. The molecule has 2 bridgehead atoms. The van der Waals surface area contributed by atoms with Gasteiger partial charge in [0, 0.05) is 6.32 Å². The van der Waals surface area contributed by atoms with Gasteiger partial charge < -0.3 is 9.31 Å². The largest absolute Gasteiger partial charge is 0.462 e. The molecule has 21 heavy (non-hydrogen) atoms. The molecule has 0 amide bonds. The molecule has 1 unspecified atom stereocenters. The van der Waals surface area contributed by atoms with E-state index in [2.05, 4.69) is 20.8 Å². The van der Waals surface area contributed by atoms with Gasteiger partial charge in [-0.05, 0) is 54.7 Å². The average molecular weight is 288 g/mol. The molecule has 4 atom stereocenters. The molecular weight excluding hydrogens is 266 g/mol. The molecule has 0 N–H and O–H groups in total. The van der Waals surface area contributed by atoms with Gasteiger partial charge in [-0.25, -0.2) is 4.39 Å². The van der Waals surface area contributed by atoms with Crippen molar-refractivity contribution in [3.8, 4) is 0 Å². The molecule has 112 valence electrons.